The summed E-state index contributed by atoms with van der Waals surface area (Å²) in [6.07, 6.45) is 3.60. The van der Waals surface area contributed by atoms with Gasteiger partial charge in [0, 0.05) is 18.7 Å². The van der Waals surface area contributed by atoms with Crippen molar-refractivity contribution in [3.8, 4) is 11.4 Å². The molecule has 1 aliphatic heterocycles. The summed E-state index contributed by atoms with van der Waals surface area (Å²) in [6, 6.07) is 7.46. The molecule has 0 N–H and O–H groups in total. The molecule has 1 saturated heterocycles. The van der Waals surface area contributed by atoms with Crippen LogP contribution in [0.15, 0.2) is 30.6 Å². The average molecular weight is 319 g/mol. The van der Waals surface area contributed by atoms with Gasteiger partial charge in [0.15, 0.2) is 5.82 Å². The normalized spacial score (nSPS) is 16.0. The molecule has 0 bridgehead atoms. The number of aromatic nitrogens is 3. The van der Waals surface area contributed by atoms with Gasteiger partial charge in [0.25, 0.3) is 0 Å². The van der Waals surface area contributed by atoms with Gasteiger partial charge in [-0.1, -0.05) is 30.7 Å². The fraction of sp³-hybridized carbons (Fsp3) is 0.438. The van der Waals surface area contributed by atoms with Gasteiger partial charge in [0.2, 0.25) is 5.91 Å². The minimum atomic E-state index is 0.0886. The van der Waals surface area contributed by atoms with Crippen LogP contribution >= 0.6 is 11.6 Å². The van der Waals surface area contributed by atoms with E-state index in [1.165, 1.54) is 6.33 Å². The number of piperidine rings is 1. The van der Waals surface area contributed by atoms with E-state index in [4.69, 9.17) is 11.6 Å². The van der Waals surface area contributed by atoms with Gasteiger partial charge in [-0.3, -0.25) is 4.79 Å². The first-order valence-electron chi connectivity index (χ1n) is 7.55. The molecule has 1 aromatic heterocycles. The summed E-state index contributed by atoms with van der Waals surface area (Å²) in [7, 11) is 0. The topological polar surface area (TPSA) is 51.0 Å². The van der Waals surface area contributed by atoms with E-state index in [1.54, 1.807) is 4.68 Å². The van der Waals surface area contributed by atoms with Crippen LogP contribution in [0.2, 0.25) is 5.02 Å². The lowest BCUT2D eigenvalue weighted by Crippen LogP contribution is -2.40. The van der Waals surface area contributed by atoms with Crippen LogP contribution in [0.5, 0.6) is 0 Å². The number of hydrogen-bond acceptors (Lipinski definition) is 3. The Bertz CT molecular complexity index is 662. The van der Waals surface area contributed by atoms with Crippen molar-refractivity contribution >= 4 is 17.5 Å². The Balaban J connectivity index is 1.76. The van der Waals surface area contributed by atoms with Gasteiger partial charge in [-0.25, -0.2) is 9.67 Å². The van der Waals surface area contributed by atoms with Crippen molar-refractivity contribution in [2.24, 2.45) is 5.92 Å². The maximum Gasteiger partial charge on any atom is 0.244 e. The highest BCUT2D eigenvalue weighted by Crippen LogP contribution is 2.25. The highest BCUT2D eigenvalue weighted by atomic mass is 35.5. The quantitative estimate of drug-likeness (QED) is 0.874. The van der Waals surface area contributed by atoms with Gasteiger partial charge in [-0.05, 0) is 30.9 Å². The van der Waals surface area contributed by atoms with Crippen LogP contribution in [0.4, 0.5) is 0 Å². The molecule has 0 aliphatic carbocycles. The fourth-order valence-corrected chi connectivity index (χ4v) is 2.94. The Morgan fingerprint density at radius 2 is 2.05 bits per heavy atom. The first-order valence-corrected chi connectivity index (χ1v) is 7.93. The number of rotatable bonds is 3. The highest BCUT2D eigenvalue weighted by molar-refractivity contribution is 6.33. The number of carbonyl (C=O) groups excluding carboxylic acids is 1. The molecule has 0 radical (unpaired) electrons. The van der Waals surface area contributed by atoms with Crippen LogP contribution in [0.25, 0.3) is 11.4 Å². The van der Waals surface area contributed by atoms with E-state index in [1.807, 2.05) is 29.2 Å². The lowest BCUT2D eigenvalue weighted by Gasteiger charge is -2.30. The Labute approximate surface area is 134 Å². The van der Waals surface area contributed by atoms with Crippen LogP contribution in [-0.4, -0.2) is 38.7 Å². The van der Waals surface area contributed by atoms with Gasteiger partial charge in [0.05, 0.1) is 5.02 Å². The standard InChI is InChI=1S/C16H19ClN4O/c1-12-6-8-20(9-7-12)15(22)10-21-16(18-11-19-21)13-4-2-3-5-14(13)17/h2-5,11-12H,6-10H2,1H3. The molecule has 2 aromatic rings. The van der Waals surface area contributed by atoms with Crippen LogP contribution < -0.4 is 0 Å². The van der Waals surface area contributed by atoms with Crippen molar-refractivity contribution in [2.75, 3.05) is 13.1 Å². The summed E-state index contributed by atoms with van der Waals surface area (Å²) in [5.41, 5.74) is 0.793. The van der Waals surface area contributed by atoms with E-state index in [0.717, 1.165) is 31.5 Å². The van der Waals surface area contributed by atoms with Crippen LogP contribution in [0.1, 0.15) is 19.8 Å². The van der Waals surface area contributed by atoms with E-state index in [0.29, 0.717) is 16.8 Å². The molecule has 1 aromatic carbocycles. The third kappa shape index (κ3) is 3.14. The smallest absolute Gasteiger partial charge is 0.244 e. The fourth-order valence-electron chi connectivity index (χ4n) is 2.72. The molecule has 1 fully saturated rings. The predicted molar refractivity (Wildman–Crippen MR) is 85.4 cm³/mol. The zero-order chi connectivity index (χ0) is 15.5. The molecule has 116 valence electrons. The number of amides is 1. The minimum Gasteiger partial charge on any atom is -0.341 e. The molecular formula is C16H19ClN4O. The molecule has 1 amide bonds. The number of carbonyl (C=O) groups is 1. The molecular weight excluding hydrogens is 300 g/mol. The maximum atomic E-state index is 12.4. The van der Waals surface area contributed by atoms with Gasteiger partial charge in [-0.2, -0.15) is 5.10 Å². The monoisotopic (exact) mass is 318 g/mol. The molecule has 0 saturated carbocycles. The number of likely N-dealkylation sites (tertiary alicyclic amines) is 1. The van der Waals surface area contributed by atoms with Crippen molar-refractivity contribution in [3.05, 3.63) is 35.6 Å². The second-order valence-electron chi connectivity index (χ2n) is 5.78. The second-order valence-corrected chi connectivity index (χ2v) is 6.19. The van der Waals surface area contributed by atoms with Crippen molar-refractivity contribution < 1.29 is 4.79 Å². The first kappa shape index (κ1) is 15.0. The summed E-state index contributed by atoms with van der Waals surface area (Å²) >= 11 is 6.21. The lowest BCUT2D eigenvalue weighted by atomic mass is 9.99. The molecule has 5 nitrogen and oxygen atoms in total. The summed E-state index contributed by atoms with van der Waals surface area (Å²) < 4.78 is 1.63. The SMILES string of the molecule is CC1CCN(C(=O)Cn2ncnc2-c2ccccc2Cl)CC1. The van der Waals surface area contributed by atoms with Crippen LogP contribution in [-0.2, 0) is 11.3 Å². The number of benzene rings is 1. The van der Waals surface area contributed by atoms with Crippen molar-refractivity contribution in [1.29, 1.82) is 0 Å². The van der Waals surface area contributed by atoms with Gasteiger partial charge < -0.3 is 4.90 Å². The zero-order valence-corrected chi connectivity index (χ0v) is 13.3. The zero-order valence-electron chi connectivity index (χ0n) is 12.6. The largest absolute Gasteiger partial charge is 0.341 e. The predicted octanol–water partition coefficient (Wildman–Crippen LogP) is 2.86. The van der Waals surface area contributed by atoms with Crippen molar-refractivity contribution in [1.82, 2.24) is 19.7 Å². The van der Waals surface area contributed by atoms with Crippen LogP contribution in [0, 0.1) is 5.92 Å². The third-order valence-corrected chi connectivity index (χ3v) is 4.48. The van der Waals surface area contributed by atoms with Crippen molar-refractivity contribution in [3.63, 3.8) is 0 Å². The van der Waals surface area contributed by atoms with Gasteiger partial charge in [-0.15, -0.1) is 0 Å². The van der Waals surface area contributed by atoms with E-state index in [-0.39, 0.29) is 12.5 Å². The van der Waals surface area contributed by atoms with E-state index in [2.05, 4.69) is 17.0 Å². The first-order chi connectivity index (χ1) is 10.6. The Morgan fingerprint density at radius 3 is 2.77 bits per heavy atom. The van der Waals surface area contributed by atoms with E-state index >= 15 is 0 Å². The Hall–Kier alpha value is -1.88. The summed E-state index contributed by atoms with van der Waals surface area (Å²) in [5, 5.41) is 4.79. The Kier molecular flexibility index (Phi) is 4.43. The molecule has 0 atom stereocenters. The molecule has 2 heterocycles. The summed E-state index contributed by atoms with van der Waals surface area (Å²) in [5.74, 6) is 1.42. The van der Waals surface area contributed by atoms with Crippen molar-refractivity contribution in [2.45, 2.75) is 26.3 Å². The van der Waals surface area contributed by atoms with Crippen LogP contribution in [0.3, 0.4) is 0 Å². The number of hydrogen-bond donors (Lipinski definition) is 0. The van der Waals surface area contributed by atoms with Gasteiger partial charge >= 0.3 is 0 Å². The Morgan fingerprint density at radius 1 is 1.32 bits per heavy atom. The third-order valence-electron chi connectivity index (χ3n) is 4.15. The molecule has 3 rings (SSSR count). The maximum absolute atomic E-state index is 12.4. The lowest BCUT2D eigenvalue weighted by molar-refractivity contribution is -0.133. The highest BCUT2D eigenvalue weighted by Gasteiger charge is 2.22. The molecule has 0 unspecified atom stereocenters. The number of nitrogens with zero attached hydrogens (tertiary/aromatic N) is 4. The number of halogens is 1. The molecule has 1 aliphatic rings. The van der Waals surface area contributed by atoms with Gasteiger partial charge in [0.1, 0.15) is 12.9 Å². The second kappa shape index (κ2) is 6.48. The molecule has 0 spiro atoms. The molecule has 6 heteroatoms. The summed E-state index contributed by atoms with van der Waals surface area (Å²) in [6.45, 7) is 4.09. The van der Waals surface area contributed by atoms with E-state index in [9.17, 15) is 4.79 Å². The summed E-state index contributed by atoms with van der Waals surface area (Å²) in [4.78, 5) is 18.6. The minimum absolute atomic E-state index is 0.0886. The average Bonchev–Trinajstić information content (AvgIpc) is 2.96. The van der Waals surface area contributed by atoms with E-state index < -0.39 is 0 Å². The molecule has 22 heavy (non-hydrogen) atoms.